The molecule has 0 radical (unpaired) electrons. The molecular formula is C18H23FN2O3. The lowest BCUT2D eigenvalue weighted by Crippen LogP contribution is -2.38. The van der Waals surface area contributed by atoms with Crippen LogP contribution in [0.25, 0.3) is 0 Å². The van der Waals surface area contributed by atoms with Gasteiger partial charge in [-0.1, -0.05) is 31.1 Å². The van der Waals surface area contributed by atoms with Crippen molar-refractivity contribution in [2.75, 3.05) is 6.54 Å². The molecule has 24 heavy (non-hydrogen) atoms. The number of amides is 1. The molecule has 2 aromatic rings. The van der Waals surface area contributed by atoms with Gasteiger partial charge in [-0.25, -0.2) is 4.39 Å². The van der Waals surface area contributed by atoms with E-state index in [0.29, 0.717) is 5.56 Å². The normalized spacial score (nSPS) is 13.8. The van der Waals surface area contributed by atoms with Crippen molar-refractivity contribution in [2.45, 2.75) is 45.1 Å². The summed E-state index contributed by atoms with van der Waals surface area (Å²) in [6, 6.07) is 7.15. The van der Waals surface area contributed by atoms with Gasteiger partial charge < -0.3 is 14.9 Å². The highest BCUT2D eigenvalue weighted by Gasteiger charge is 2.25. The van der Waals surface area contributed by atoms with Gasteiger partial charge in [0.2, 0.25) is 5.76 Å². The summed E-state index contributed by atoms with van der Waals surface area (Å²) >= 11 is 0. The van der Waals surface area contributed by atoms with E-state index < -0.39 is 11.5 Å². The Labute approximate surface area is 140 Å². The Morgan fingerprint density at radius 3 is 2.54 bits per heavy atom. The molecule has 0 aliphatic heterocycles. The van der Waals surface area contributed by atoms with Crippen LogP contribution in [0.15, 0.2) is 34.9 Å². The predicted octanol–water partition coefficient (Wildman–Crippen LogP) is 3.35. The van der Waals surface area contributed by atoms with Crippen LogP contribution >= 0.6 is 0 Å². The van der Waals surface area contributed by atoms with Gasteiger partial charge >= 0.3 is 0 Å². The van der Waals surface area contributed by atoms with Crippen LogP contribution < -0.4 is 5.32 Å². The minimum absolute atomic E-state index is 0.0293. The molecule has 1 aromatic carbocycles. The molecule has 1 aromatic heterocycles. The molecule has 6 heteroatoms. The summed E-state index contributed by atoms with van der Waals surface area (Å²) in [5, 5.41) is 17.0. The summed E-state index contributed by atoms with van der Waals surface area (Å²) < 4.78 is 18.1. The van der Waals surface area contributed by atoms with E-state index in [9.17, 15) is 14.3 Å². The molecule has 2 rings (SSSR count). The summed E-state index contributed by atoms with van der Waals surface area (Å²) in [7, 11) is 0. The third kappa shape index (κ3) is 4.20. The number of rotatable bonds is 7. The molecule has 0 spiro atoms. The SMILES string of the molecule is CCC(CC)c1cc(C(=O)NCC(C)(O)c2ccc(F)cc2)on1. The quantitative estimate of drug-likeness (QED) is 0.814. The Balaban J connectivity index is 2.01. The monoisotopic (exact) mass is 334 g/mol. The molecule has 1 atom stereocenters. The van der Waals surface area contributed by atoms with Gasteiger partial charge in [-0.05, 0) is 37.5 Å². The number of hydrogen-bond donors (Lipinski definition) is 2. The van der Waals surface area contributed by atoms with Gasteiger partial charge in [0.05, 0.1) is 12.2 Å². The molecule has 0 saturated carbocycles. The summed E-state index contributed by atoms with van der Waals surface area (Å²) in [6.07, 6.45) is 1.84. The second kappa shape index (κ2) is 7.57. The average Bonchev–Trinajstić information content (AvgIpc) is 3.04. The maximum atomic E-state index is 13.0. The highest BCUT2D eigenvalue weighted by molar-refractivity contribution is 5.91. The molecule has 1 unspecified atom stereocenters. The van der Waals surface area contributed by atoms with Crippen LogP contribution in [0, 0.1) is 5.82 Å². The molecule has 1 amide bonds. The van der Waals surface area contributed by atoms with Crippen molar-refractivity contribution in [3.8, 4) is 0 Å². The number of aliphatic hydroxyl groups is 1. The van der Waals surface area contributed by atoms with Crippen molar-refractivity contribution in [1.29, 1.82) is 0 Å². The topological polar surface area (TPSA) is 75.4 Å². The van der Waals surface area contributed by atoms with Crippen LogP contribution in [0.3, 0.4) is 0 Å². The van der Waals surface area contributed by atoms with Crippen molar-refractivity contribution < 1.29 is 18.8 Å². The second-order valence-electron chi connectivity index (χ2n) is 6.09. The molecule has 0 fully saturated rings. The Bertz CT molecular complexity index is 676. The van der Waals surface area contributed by atoms with Gasteiger partial charge in [-0.3, -0.25) is 4.79 Å². The maximum absolute atomic E-state index is 13.0. The largest absolute Gasteiger partial charge is 0.384 e. The molecule has 2 N–H and O–H groups in total. The van der Waals surface area contributed by atoms with Gasteiger partial charge in [0.1, 0.15) is 11.4 Å². The van der Waals surface area contributed by atoms with E-state index in [-0.39, 0.29) is 24.0 Å². The van der Waals surface area contributed by atoms with Crippen molar-refractivity contribution >= 4 is 5.91 Å². The molecule has 0 bridgehead atoms. The van der Waals surface area contributed by atoms with Crippen LogP contribution in [-0.2, 0) is 5.60 Å². The fraction of sp³-hybridized carbons (Fsp3) is 0.444. The number of carbonyl (C=O) groups excluding carboxylic acids is 1. The van der Waals surface area contributed by atoms with E-state index >= 15 is 0 Å². The highest BCUT2D eigenvalue weighted by atomic mass is 19.1. The molecule has 1 heterocycles. The third-order valence-corrected chi connectivity index (χ3v) is 4.22. The van der Waals surface area contributed by atoms with Crippen LogP contribution in [-0.4, -0.2) is 22.7 Å². The number of hydrogen-bond acceptors (Lipinski definition) is 4. The molecular weight excluding hydrogens is 311 g/mol. The van der Waals surface area contributed by atoms with E-state index in [4.69, 9.17) is 4.52 Å². The highest BCUT2D eigenvalue weighted by Crippen LogP contribution is 2.23. The molecule has 0 saturated heterocycles. The Kier molecular flexibility index (Phi) is 5.72. The summed E-state index contributed by atoms with van der Waals surface area (Å²) in [5.41, 5.74) is -0.0448. The number of benzene rings is 1. The minimum Gasteiger partial charge on any atom is -0.384 e. The average molecular weight is 334 g/mol. The third-order valence-electron chi connectivity index (χ3n) is 4.22. The second-order valence-corrected chi connectivity index (χ2v) is 6.09. The van der Waals surface area contributed by atoms with Gasteiger partial charge in [-0.15, -0.1) is 0 Å². The number of carbonyl (C=O) groups is 1. The molecule has 130 valence electrons. The number of nitrogens with one attached hydrogen (secondary N) is 1. The molecule has 0 aliphatic rings. The number of aromatic nitrogens is 1. The van der Waals surface area contributed by atoms with Crippen LogP contribution in [0.1, 0.15) is 61.3 Å². The number of halogens is 1. The van der Waals surface area contributed by atoms with Gasteiger partial charge in [0, 0.05) is 12.0 Å². The number of nitrogens with zero attached hydrogens (tertiary/aromatic N) is 1. The predicted molar refractivity (Wildman–Crippen MR) is 88.1 cm³/mol. The lowest BCUT2D eigenvalue weighted by Gasteiger charge is -2.23. The van der Waals surface area contributed by atoms with Crippen molar-refractivity contribution in [3.05, 3.63) is 53.2 Å². The lowest BCUT2D eigenvalue weighted by molar-refractivity contribution is 0.0516. The Hall–Kier alpha value is -2.21. The smallest absolute Gasteiger partial charge is 0.290 e. The van der Waals surface area contributed by atoms with E-state index in [1.165, 1.54) is 24.3 Å². The fourth-order valence-corrected chi connectivity index (χ4v) is 2.55. The maximum Gasteiger partial charge on any atom is 0.290 e. The van der Waals surface area contributed by atoms with Crippen molar-refractivity contribution in [3.63, 3.8) is 0 Å². The standard InChI is InChI=1S/C18H23FN2O3/c1-4-12(5-2)15-10-16(24-21-15)17(22)20-11-18(3,23)13-6-8-14(19)9-7-13/h6-10,12,23H,4-5,11H2,1-3H3,(H,20,22). The van der Waals surface area contributed by atoms with E-state index in [0.717, 1.165) is 18.5 Å². The van der Waals surface area contributed by atoms with E-state index in [2.05, 4.69) is 24.3 Å². The molecule has 5 nitrogen and oxygen atoms in total. The van der Waals surface area contributed by atoms with Crippen LogP contribution in [0.4, 0.5) is 4.39 Å². The first-order chi connectivity index (χ1) is 11.4. The Morgan fingerprint density at radius 1 is 1.33 bits per heavy atom. The van der Waals surface area contributed by atoms with Gasteiger partial charge in [0.25, 0.3) is 5.91 Å². The van der Waals surface area contributed by atoms with E-state index in [1.807, 2.05) is 0 Å². The van der Waals surface area contributed by atoms with Gasteiger partial charge in [-0.2, -0.15) is 0 Å². The zero-order valence-corrected chi connectivity index (χ0v) is 14.2. The fourth-order valence-electron chi connectivity index (χ4n) is 2.55. The minimum atomic E-state index is -1.32. The summed E-state index contributed by atoms with van der Waals surface area (Å²) in [4.78, 5) is 12.2. The van der Waals surface area contributed by atoms with Crippen LogP contribution in [0.2, 0.25) is 0 Å². The van der Waals surface area contributed by atoms with Crippen LogP contribution in [0.5, 0.6) is 0 Å². The first-order valence-corrected chi connectivity index (χ1v) is 8.10. The van der Waals surface area contributed by atoms with Gasteiger partial charge in [0.15, 0.2) is 0 Å². The zero-order valence-electron chi connectivity index (χ0n) is 14.2. The van der Waals surface area contributed by atoms with E-state index in [1.54, 1.807) is 13.0 Å². The first kappa shape index (κ1) is 18.1. The zero-order chi connectivity index (χ0) is 17.7. The Morgan fingerprint density at radius 2 is 1.96 bits per heavy atom. The summed E-state index contributed by atoms with van der Waals surface area (Å²) in [6.45, 7) is 5.64. The summed E-state index contributed by atoms with van der Waals surface area (Å²) in [5.74, 6) is -0.444. The van der Waals surface area contributed by atoms with Crippen molar-refractivity contribution in [1.82, 2.24) is 10.5 Å². The first-order valence-electron chi connectivity index (χ1n) is 8.10. The van der Waals surface area contributed by atoms with Crippen molar-refractivity contribution in [2.24, 2.45) is 0 Å². The lowest BCUT2D eigenvalue weighted by atomic mass is 9.96. The molecule has 0 aliphatic carbocycles.